The predicted octanol–water partition coefficient (Wildman–Crippen LogP) is -2.09. The van der Waals surface area contributed by atoms with Crippen LogP contribution in [-0.2, 0) is 38.1 Å². The first kappa shape index (κ1) is 26.8. The van der Waals surface area contributed by atoms with Crippen LogP contribution in [0.3, 0.4) is 0 Å². The molecule has 1 aliphatic heterocycles. The Bertz CT molecular complexity index is 581. The molecule has 0 aromatic carbocycles. The van der Waals surface area contributed by atoms with E-state index in [9.17, 15) is 19.2 Å². The Morgan fingerprint density at radius 1 is 0.806 bits per heavy atom. The molecule has 12 nitrogen and oxygen atoms in total. The van der Waals surface area contributed by atoms with Gasteiger partial charge in [0.25, 0.3) is 11.8 Å². The highest BCUT2D eigenvalue weighted by Gasteiger charge is 2.23. The number of hydrogen-bond acceptors (Lipinski definition) is 10. The largest absolute Gasteiger partial charge is 0.379 e. The fourth-order valence-corrected chi connectivity index (χ4v) is 2.35. The van der Waals surface area contributed by atoms with E-state index in [1.807, 2.05) is 5.43 Å². The summed E-state index contributed by atoms with van der Waals surface area (Å²) in [4.78, 5) is 46.4. The molecular weight excluding hydrogens is 412 g/mol. The standard InChI is InChI=1S/C19H32N4O8/c20-22-17(25)4-7-28-9-11-30-13-14-31-12-10-29-8-5-21-15-16(24)3-6-23-18(26)1-2-19(23)27/h1-2,21H,3-15,20H2,(H,22,25). The number of amides is 3. The Kier molecular flexibility index (Phi) is 15.1. The van der Waals surface area contributed by atoms with Crippen molar-refractivity contribution in [3.8, 4) is 0 Å². The summed E-state index contributed by atoms with van der Waals surface area (Å²) in [7, 11) is 0. The first-order valence-electron chi connectivity index (χ1n) is 10.1. The molecule has 0 atom stereocenters. The van der Waals surface area contributed by atoms with Gasteiger partial charge >= 0.3 is 0 Å². The molecule has 0 fully saturated rings. The van der Waals surface area contributed by atoms with Gasteiger partial charge in [0, 0.05) is 31.7 Å². The van der Waals surface area contributed by atoms with Crippen molar-refractivity contribution in [2.75, 3.05) is 72.5 Å². The molecule has 1 rings (SSSR count). The number of nitrogens with zero attached hydrogens (tertiary/aromatic N) is 1. The number of hydrazine groups is 1. The van der Waals surface area contributed by atoms with Crippen molar-refractivity contribution in [2.24, 2.45) is 5.84 Å². The summed E-state index contributed by atoms with van der Waals surface area (Å²) in [5.41, 5.74) is 2.02. The zero-order chi connectivity index (χ0) is 22.7. The van der Waals surface area contributed by atoms with Gasteiger partial charge in [-0.05, 0) is 0 Å². The van der Waals surface area contributed by atoms with Gasteiger partial charge in [-0.25, -0.2) is 5.84 Å². The number of nitrogens with one attached hydrogen (secondary N) is 2. The average molecular weight is 444 g/mol. The Morgan fingerprint density at radius 3 is 1.87 bits per heavy atom. The van der Waals surface area contributed by atoms with Crippen molar-refractivity contribution in [1.82, 2.24) is 15.6 Å². The van der Waals surface area contributed by atoms with Crippen LogP contribution in [0.1, 0.15) is 12.8 Å². The van der Waals surface area contributed by atoms with Crippen LogP contribution in [0.15, 0.2) is 12.2 Å². The molecule has 0 aromatic heterocycles. The number of ketones is 1. The van der Waals surface area contributed by atoms with Gasteiger partial charge in [0.1, 0.15) is 5.78 Å². The molecule has 31 heavy (non-hydrogen) atoms. The van der Waals surface area contributed by atoms with E-state index in [4.69, 9.17) is 24.8 Å². The number of rotatable bonds is 20. The fourth-order valence-electron chi connectivity index (χ4n) is 2.35. The highest BCUT2D eigenvalue weighted by Crippen LogP contribution is 2.04. The van der Waals surface area contributed by atoms with E-state index in [-0.39, 0.29) is 49.4 Å². The van der Waals surface area contributed by atoms with Gasteiger partial charge in [-0.1, -0.05) is 0 Å². The van der Waals surface area contributed by atoms with Gasteiger partial charge in [-0.15, -0.1) is 0 Å². The third-order valence-electron chi connectivity index (χ3n) is 4.01. The van der Waals surface area contributed by atoms with Gasteiger partial charge in [0.05, 0.1) is 65.8 Å². The summed E-state index contributed by atoms with van der Waals surface area (Å²) in [6.07, 6.45) is 2.74. The second-order valence-electron chi connectivity index (χ2n) is 6.39. The van der Waals surface area contributed by atoms with Gasteiger partial charge in [-0.2, -0.15) is 0 Å². The van der Waals surface area contributed by atoms with Crippen molar-refractivity contribution in [1.29, 1.82) is 0 Å². The number of ether oxygens (including phenoxy) is 4. The highest BCUT2D eigenvalue weighted by atomic mass is 16.6. The quantitative estimate of drug-likeness (QED) is 0.0625. The third-order valence-corrected chi connectivity index (χ3v) is 4.01. The fraction of sp³-hybridized carbons (Fsp3) is 0.684. The molecule has 1 heterocycles. The molecular formula is C19H32N4O8. The van der Waals surface area contributed by atoms with Crippen molar-refractivity contribution in [3.63, 3.8) is 0 Å². The maximum atomic E-state index is 11.8. The lowest BCUT2D eigenvalue weighted by atomic mass is 10.2. The van der Waals surface area contributed by atoms with Crippen molar-refractivity contribution in [2.45, 2.75) is 12.8 Å². The summed E-state index contributed by atoms with van der Waals surface area (Å²) in [5, 5.41) is 2.95. The molecule has 0 saturated carbocycles. The minimum absolute atomic E-state index is 0.0812. The number of hydrogen-bond donors (Lipinski definition) is 3. The smallest absolute Gasteiger partial charge is 0.253 e. The van der Waals surface area contributed by atoms with E-state index in [1.54, 1.807) is 0 Å². The molecule has 3 amide bonds. The monoisotopic (exact) mass is 444 g/mol. The van der Waals surface area contributed by atoms with Crippen LogP contribution in [0.25, 0.3) is 0 Å². The van der Waals surface area contributed by atoms with Crippen molar-refractivity contribution < 1.29 is 38.1 Å². The SMILES string of the molecule is NNC(=O)CCOCCOCCOCCOCCNCC(=O)CCN1C(=O)C=CC1=O. The molecule has 4 N–H and O–H groups in total. The number of Topliss-reactive ketones (excluding diaryl/α,β-unsaturated/α-hetero) is 1. The predicted molar refractivity (Wildman–Crippen MR) is 109 cm³/mol. The molecule has 0 radical (unpaired) electrons. The van der Waals surface area contributed by atoms with Crippen LogP contribution >= 0.6 is 0 Å². The van der Waals surface area contributed by atoms with Gasteiger partial charge in [-0.3, -0.25) is 29.5 Å². The third kappa shape index (κ3) is 13.6. The van der Waals surface area contributed by atoms with Crippen LogP contribution in [-0.4, -0.2) is 101 Å². The van der Waals surface area contributed by atoms with E-state index < -0.39 is 0 Å². The molecule has 0 unspecified atom stereocenters. The number of carbonyl (C=O) groups is 4. The van der Waals surface area contributed by atoms with Crippen LogP contribution in [0.2, 0.25) is 0 Å². The first-order valence-corrected chi connectivity index (χ1v) is 10.1. The second kappa shape index (κ2) is 17.5. The summed E-state index contributed by atoms with van der Waals surface area (Å²) < 4.78 is 21.2. The Morgan fingerprint density at radius 2 is 1.32 bits per heavy atom. The zero-order valence-electron chi connectivity index (χ0n) is 17.6. The highest BCUT2D eigenvalue weighted by molar-refractivity contribution is 6.13. The summed E-state index contributed by atoms with van der Waals surface area (Å²) in [6.45, 7) is 4.01. The maximum Gasteiger partial charge on any atom is 0.253 e. The van der Waals surface area contributed by atoms with Gasteiger partial charge < -0.3 is 24.3 Å². The van der Waals surface area contributed by atoms with E-state index in [2.05, 4.69) is 5.32 Å². The van der Waals surface area contributed by atoms with Crippen LogP contribution in [0, 0.1) is 0 Å². The molecule has 0 aromatic rings. The first-order chi connectivity index (χ1) is 15.0. The number of imide groups is 1. The van der Waals surface area contributed by atoms with E-state index in [0.717, 1.165) is 4.90 Å². The lowest BCUT2D eigenvalue weighted by Crippen LogP contribution is -2.34. The van der Waals surface area contributed by atoms with Gasteiger partial charge in [0.15, 0.2) is 0 Å². The molecule has 0 aliphatic carbocycles. The maximum absolute atomic E-state index is 11.8. The summed E-state index contributed by atoms with van der Waals surface area (Å²) >= 11 is 0. The zero-order valence-corrected chi connectivity index (χ0v) is 17.6. The van der Waals surface area contributed by atoms with Crippen LogP contribution in [0.5, 0.6) is 0 Å². The summed E-state index contributed by atoms with van der Waals surface area (Å²) in [5.74, 6) is 3.82. The van der Waals surface area contributed by atoms with E-state index >= 15 is 0 Å². The molecule has 1 aliphatic rings. The Labute approximate surface area is 181 Å². The number of carbonyl (C=O) groups excluding carboxylic acids is 4. The molecule has 0 spiro atoms. The van der Waals surface area contributed by atoms with Crippen LogP contribution < -0.4 is 16.6 Å². The minimum atomic E-state index is -0.382. The molecule has 0 bridgehead atoms. The Balaban J connectivity index is 1.78. The van der Waals surface area contributed by atoms with E-state index in [0.29, 0.717) is 59.4 Å². The number of nitrogens with two attached hydrogens (primary N) is 1. The summed E-state index contributed by atoms with van der Waals surface area (Å²) in [6, 6.07) is 0. The Hall–Kier alpha value is -2.22. The van der Waals surface area contributed by atoms with E-state index in [1.165, 1.54) is 12.2 Å². The minimum Gasteiger partial charge on any atom is -0.379 e. The normalized spacial score (nSPS) is 13.3. The van der Waals surface area contributed by atoms with Crippen molar-refractivity contribution in [3.05, 3.63) is 12.2 Å². The molecule has 0 saturated heterocycles. The van der Waals surface area contributed by atoms with Crippen molar-refractivity contribution >= 4 is 23.5 Å². The molecule has 12 heteroatoms. The lowest BCUT2D eigenvalue weighted by molar-refractivity contribution is -0.137. The molecule has 176 valence electrons. The van der Waals surface area contributed by atoms with Crippen LogP contribution in [0.4, 0.5) is 0 Å². The lowest BCUT2D eigenvalue weighted by Gasteiger charge is -2.13. The average Bonchev–Trinajstić information content (AvgIpc) is 3.08. The second-order valence-corrected chi connectivity index (χ2v) is 6.39. The van der Waals surface area contributed by atoms with Gasteiger partial charge in [0.2, 0.25) is 5.91 Å². The topological polar surface area (TPSA) is 159 Å².